The summed E-state index contributed by atoms with van der Waals surface area (Å²) in [4.78, 5) is 16.9. The minimum atomic E-state index is -0.445. The lowest BCUT2D eigenvalue weighted by molar-refractivity contribution is 0.108. The quantitative estimate of drug-likeness (QED) is 0.263. The molecule has 33 heavy (non-hydrogen) atoms. The van der Waals surface area contributed by atoms with Crippen LogP contribution in [0.15, 0.2) is 60.7 Å². The van der Waals surface area contributed by atoms with Crippen molar-refractivity contribution in [3.05, 3.63) is 82.9 Å². The molecule has 1 aliphatic heterocycles. The summed E-state index contributed by atoms with van der Waals surface area (Å²) in [5.74, 6) is 1.51. The molecule has 0 bridgehead atoms. The highest BCUT2D eigenvalue weighted by Gasteiger charge is 2.32. The predicted molar refractivity (Wildman–Crippen MR) is 138 cm³/mol. The monoisotopic (exact) mass is 462 g/mol. The molecule has 1 heterocycles. The highest BCUT2D eigenvalue weighted by molar-refractivity contribution is 6.68. The van der Waals surface area contributed by atoms with Crippen LogP contribution in [0.25, 0.3) is 0 Å². The van der Waals surface area contributed by atoms with Crippen LogP contribution >= 0.6 is 11.6 Å². The number of halogens is 1. The third-order valence-corrected chi connectivity index (χ3v) is 6.78. The third-order valence-electron chi connectivity index (χ3n) is 6.58. The maximum atomic E-state index is 12.3. The zero-order valence-corrected chi connectivity index (χ0v) is 20.5. The molecule has 0 atom stereocenters. The molecule has 3 aromatic rings. The molecule has 4 rings (SSSR count). The molecule has 0 fully saturated rings. The minimum absolute atomic E-state index is 0.140. The number of carbonyl (C=O) groups is 1. The third kappa shape index (κ3) is 4.32. The highest BCUT2D eigenvalue weighted by atomic mass is 35.5. The fraction of sp³-hybridized carbons (Fsp3) is 0.321. The molecule has 0 unspecified atom stereocenters. The molecule has 0 saturated heterocycles. The number of ether oxygens (including phenoxy) is 1. The van der Waals surface area contributed by atoms with Crippen LogP contribution in [0.3, 0.4) is 0 Å². The fourth-order valence-electron chi connectivity index (χ4n) is 4.82. The van der Waals surface area contributed by atoms with Gasteiger partial charge in [0.1, 0.15) is 11.5 Å². The molecule has 5 heteroatoms. The standard InChI is InChI=1S/C28H31ClN2O2/c1-5-30(6-2)19-13-15-23-25(17-19)33-26-18-20(31(7-3)8-4)14-16-24(26)27(23)21-11-9-10-12-22(21)28(29)32/h9-18,27H,5-8H2,1-4H3. The van der Waals surface area contributed by atoms with Gasteiger partial charge in [0.05, 0.1) is 0 Å². The molecule has 172 valence electrons. The molecule has 0 radical (unpaired) electrons. The van der Waals surface area contributed by atoms with E-state index in [-0.39, 0.29) is 5.92 Å². The van der Waals surface area contributed by atoms with Gasteiger partial charge in [-0.25, -0.2) is 0 Å². The maximum absolute atomic E-state index is 12.3. The van der Waals surface area contributed by atoms with Crippen LogP contribution in [-0.4, -0.2) is 31.4 Å². The molecule has 3 aromatic carbocycles. The normalized spacial score (nSPS) is 12.5. The van der Waals surface area contributed by atoms with Crippen molar-refractivity contribution in [2.45, 2.75) is 33.6 Å². The van der Waals surface area contributed by atoms with Crippen molar-refractivity contribution in [1.82, 2.24) is 0 Å². The van der Waals surface area contributed by atoms with Crippen LogP contribution in [0, 0.1) is 0 Å². The number of hydrogen-bond donors (Lipinski definition) is 0. The van der Waals surface area contributed by atoms with Gasteiger partial charge in [-0.15, -0.1) is 0 Å². The number of benzene rings is 3. The molecule has 0 saturated carbocycles. The summed E-state index contributed by atoms with van der Waals surface area (Å²) >= 11 is 6.01. The molecule has 0 aromatic heterocycles. The van der Waals surface area contributed by atoms with Gasteiger partial charge in [-0.3, -0.25) is 4.79 Å². The summed E-state index contributed by atoms with van der Waals surface area (Å²) in [6.45, 7) is 12.3. The van der Waals surface area contributed by atoms with Gasteiger partial charge in [0.25, 0.3) is 5.24 Å². The molecule has 0 aliphatic carbocycles. The van der Waals surface area contributed by atoms with Crippen molar-refractivity contribution >= 4 is 28.2 Å². The van der Waals surface area contributed by atoms with Gasteiger partial charge < -0.3 is 14.5 Å². The Bertz CT molecular complexity index is 1090. The zero-order valence-electron chi connectivity index (χ0n) is 19.8. The van der Waals surface area contributed by atoms with Crippen molar-refractivity contribution in [3.8, 4) is 11.5 Å². The van der Waals surface area contributed by atoms with E-state index in [9.17, 15) is 4.79 Å². The van der Waals surface area contributed by atoms with E-state index in [0.29, 0.717) is 5.56 Å². The van der Waals surface area contributed by atoms with E-state index in [1.165, 1.54) is 0 Å². The fourth-order valence-corrected chi connectivity index (χ4v) is 4.99. The van der Waals surface area contributed by atoms with Crippen molar-refractivity contribution in [2.24, 2.45) is 0 Å². The van der Waals surface area contributed by atoms with E-state index in [4.69, 9.17) is 16.3 Å². The van der Waals surface area contributed by atoms with Gasteiger partial charge in [-0.2, -0.15) is 0 Å². The Kier molecular flexibility index (Phi) is 6.94. The number of fused-ring (bicyclic) bond motifs is 2. The van der Waals surface area contributed by atoms with Crippen LogP contribution < -0.4 is 14.5 Å². The first-order valence-corrected chi connectivity index (χ1v) is 12.1. The van der Waals surface area contributed by atoms with Crippen molar-refractivity contribution in [2.75, 3.05) is 36.0 Å². The second-order valence-electron chi connectivity index (χ2n) is 8.18. The van der Waals surface area contributed by atoms with E-state index in [0.717, 1.165) is 65.7 Å². The van der Waals surface area contributed by atoms with Crippen LogP contribution in [0.1, 0.15) is 60.7 Å². The molecule has 0 amide bonds. The average Bonchev–Trinajstić information content (AvgIpc) is 2.84. The van der Waals surface area contributed by atoms with E-state index < -0.39 is 5.24 Å². The Labute approximate surface area is 201 Å². The topological polar surface area (TPSA) is 32.8 Å². The predicted octanol–water partition coefficient (Wildman–Crippen LogP) is 7.04. The number of hydrogen-bond acceptors (Lipinski definition) is 4. The number of nitrogens with zero attached hydrogens (tertiary/aromatic N) is 2. The first-order chi connectivity index (χ1) is 16.0. The number of rotatable bonds is 8. The van der Waals surface area contributed by atoms with E-state index >= 15 is 0 Å². The lowest BCUT2D eigenvalue weighted by Gasteiger charge is -2.32. The van der Waals surface area contributed by atoms with Gasteiger partial charge >= 0.3 is 0 Å². The summed E-state index contributed by atoms with van der Waals surface area (Å²) in [5.41, 5.74) is 5.77. The summed E-state index contributed by atoms with van der Waals surface area (Å²) in [7, 11) is 0. The summed E-state index contributed by atoms with van der Waals surface area (Å²) in [5, 5.41) is -0.445. The second kappa shape index (κ2) is 9.88. The molecule has 0 spiro atoms. The maximum Gasteiger partial charge on any atom is 0.252 e. The molecule has 0 N–H and O–H groups in total. The Hall–Kier alpha value is -2.98. The highest BCUT2D eigenvalue weighted by Crippen LogP contribution is 2.50. The molecule has 4 nitrogen and oxygen atoms in total. The minimum Gasteiger partial charge on any atom is -0.457 e. The summed E-state index contributed by atoms with van der Waals surface area (Å²) in [6, 6.07) is 20.4. The lowest BCUT2D eigenvalue weighted by atomic mass is 9.80. The van der Waals surface area contributed by atoms with Crippen LogP contribution in [-0.2, 0) is 0 Å². The first-order valence-electron chi connectivity index (χ1n) is 11.8. The second-order valence-corrected chi connectivity index (χ2v) is 8.53. The largest absolute Gasteiger partial charge is 0.457 e. The van der Waals surface area contributed by atoms with E-state index in [1.807, 2.05) is 18.2 Å². The Morgan fingerprint density at radius 2 is 1.24 bits per heavy atom. The summed E-state index contributed by atoms with van der Waals surface area (Å²) in [6.07, 6.45) is 0. The smallest absolute Gasteiger partial charge is 0.252 e. The lowest BCUT2D eigenvalue weighted by Crippen LogP contribution is -2.23. The van der Waals surface area contributed by atoms with Gasteiger partial charge in [0.2, 0.25) is 0 Å². The number of anilines is 2. The van der Waals surface area contributed by atoms with Crippen molar-refractivity contribution in [3.63, 3.8) is 0 Å². The Balaban J connectivity index is 1.92. The zero-order chi connectivity index (χ0) is 23.5. The van der Waals surface area contributed by atoms with Gasteiger partial charge in [-0.05, 0) is 63.1 Å². The summed E-state index contributed by atoms with van der Waals surface area (Å²) < 4.78 is 6.52. The molecular weight excluding hydrogens is 432 g/mol. The Morgan fingerprint density at radius 1 is 0.758 bits per heavy atom. The van der Waals surface area contributed by atoms with Crippen molar-refractivity contribution < 1.29 is 9.53 Å². The average molecular weight is 463 g/mol. The van der Waals surface area contributed by atoms with E-state index in [2.05, 4.69) is 73.9 Å². The van der Waals surface area contributed by atoms with E-state index in [1.54, 1.807) is 6.07 Å². The van der Waals surface area contributed by atoms with Crippen LogP contribution in [0.5, 0.6) is 11.5 Å². The van der Waals surface area contributed by atoms with Crippen molar-refractivity contribution in [1.29, 1.82) is 0 Å². The van der Waals surface area contributed by atoms with Crippen LogP contribution in [0.4, 0.5) is 11.4 Å². The Morgan fingerprint density at radius 3 is 1.70 bits per heavy atom. The van der Waals surface area contributed by atoms with Gasteiger partial charge in [-0.1, -0.05) is 30.3 Å². The SMILES string of the molecule is CCN(CC)c1ccc2c(c1)Oc1cc(N(CC)CC)ccc1C2c1ccccc1C(=O)Cl. The van der Waals surface area contributed by atoms with Gasteiger partial charge in [0.15, 0.2) is 0 Å². The van der Waals surface area contributed by atoms with Gasteiger partial charge in [0, 0.05) is 72.3 Å². The number of carbonyl (C=O) groups excluding carboxylic acids is 1. The first kappa shape index (κ1) is 23.2. The molecular formula is C28H31ClN2O2. The molecule has 1 aliphatic rings. The van der Waals surface area contributed by atoms with Crippen LogP contribution in [0.2, 0.25) is 0 Å².